The van der Waals surface area contributed by atoms with Crippen LogP contribution in [0.15, 0.2) is 0 Å². The number of hydrogen-bond acceptors (Lipinski definition) is 2. The van der Waals surface area contributed by atoms with E-state index in [1.54, 1.807) is 7.11 Å². The molecule has 0 aromatic rings. The predicted molar refractivity (Wildman–Crippen MR) is 28.1 cm³/mol. The zero-order chi connectivity index (χ0) is 6.24. The van der Waals surface area contributed by atoms with Gasteiger partial charge in [-0.3, -0.25) is 0 Å². The molecule has 0 unspecified atom stereocenters. The number of hydrogen-bond donors (Lipinski definition) is 0. The molecule has 0 saturated carbocycles. The van der Waals surface area contributed by atoms with Gasteiger partial charge in [-0.15, -0.1) is 0 Å². The third-order valence-corrected chi connectivity index (χ3v) is 3.54. The average molecular weight is 283 g/mol. The van der Waals surface area contributed by atoms with E-state index in [1.165, 1.54) is 0 Å². The Hall–Kier alpha value is 0.790. The normalized spacial score (nSPS) is 9.25. The number of ether oxygens (including phenoxy) is 1. The van der Waals surface area contributed by atoms with Crippen molar-refractivity contribution in [1.82, 2.24) is 0 Å². The van der Waals surface area contributed by atoms with Gasteiger partial charge in [-0.05, 0) is 0 Å². The Morgan fingerprint density at radius 2 is 2.25 bits per heavy atom. The van der Waals surface area contributed by atoms with Crippen LogP contribution in [0.5, 0.6) is 0 Å². The monoisotopic (exact) mass is 284 g/mol. The van der Waals surface area contributed by atoms with E-state index in [0.717, 1.165) is 17.4 Å². The van der Waals surface area contributed by atoms with Crippen LogP contribution >= 0.6 is 0 Å². The molecule has 0 rings (SSSR count). The van der Waals surface area contributed by atoms with Crippen LogP contribution in [0.2, 0.25) is 0 Å². The summed E-state index contributed by atoms with van der Waals surface area (Å²) in [5, 5.41) is 0. The Bertz CT molecular complexity index is 35.4. The van der Waals surface area contributed by atoms with Crippen LogP contribution < -0.4 is 0 Å². The van der Waals surface area contributed by atoms with Crippen molar-refractivity contribution in [1.29, 1.82) is 0 Å². The molecular formula is C5H12HfO2. The topological polar surface area (TPSA) is 18.5 Å². The van der Waals surface area contributed by atoms with E-state index < -0.39 is 23.3 Å². The van der Waals surface area contributed by atoms with Crippen LogP contribution in [0.3, 0.4) is 0 Å². The maximum absolute atomic E-state index is 5.29. The van der Waals surface area contributed by atoms with Gasteiger partial charge in [-0.25, -0.2) is 0 Å². The van der Waals surface area contributed by atoms with Gasteiger partial charge >= 0.3 is 62.4 Å². The molecule has 0 aromatic heterocycles. The molecule has 0 aromatic carbocycles. The van der Waals surface area contributed by atoms with Crippen LogP contribution in [0.4, 0.5) is 0 Å². The van der Waals surface area contributed by atoms with E-state index in [-0.39, 0.29) is 0 Å². The first kappa shape index (κ1) is 8.79. The molecule has 8 heavy (non-hydrogen) atoms. The zero-order valence-electron chi connectivity index (χ0n) is 5.44. The van der Waals surface area contributed by atoms with Crippen molar-refractivity contribution in [3.05, 3.63) is 0 Å². The third kappa shape index (κ3) is 6.79. The molecule has 0 saturated heterocycles. The molecule has 0 N–H and O–H groups in total. The summed E-state index contributed by atoms with van der Waals surface area (Å²) >= 11 is -0.741. The zero-order valence-corrected chi connectivity index (χ0v) is 9.03. The molecule has 0 atom stereocenters. The van der Waals surface area contributed by atoms with Crippen molar-refractivity contribution < 1.29 is 30.9 Å². The van der Waals surface area contributed by atoms with Gasteiger partial charge < -0.3 is 0 Å². The second kappa shape index (κ2) is 7.79. The number of rotatable bonds is 5. The molecule has 0 amide bonds. The van der Waals surface area contributed by atoms with E-state index in [1.807, 2.05) is 0 Å². The van der Waals surface area contributed by atoms with Crippen molar-refractivity contribution in [3.8, 4) is 0 Å². The van der Waals surface area contributed by atoms with Gasteiger partial charge in [-0.1, -0.05) is 0 Å². The first-order chi connectivity index (χ1) is 3.91. The molecule has 0 heterocycles. The fourth-order valence-electron chi connectivity index (χ4n) is 0.275. The fraction of sp³-hybridized carbons (Fsp3) is 1.00. The van der Waals surface area contributed by atoms with Crippen molar-refractivity contribution >= 4 is 0 Å². The summed E-state index contributed by atoms with van der Waals surface area (Å²) in [6.07, 6.45) is 1.14. The van der Waals surface area contributed by atoms with Crippen LogP contribution in [0.1, 0.15) is 13.3 Å². The standard InChI is InChI=1S/C3H7O.C2H5O.Hf/c1-2-3-4;1-3-2;/h2-3H2,1H3;1H2,2H3;/q-1;;+1. The quantitative estimate of drug-likeness (QED) is 0.554. The maximum atomic E-state index is 5.29. The molecule has 0 radical (unpaired) electrons. The summed E-state index contributed by atoms with van der Waals surface area (Å²) in [5.74, 6) is 0. The summed E-state index contributed by atoms with van der Waals surface area (Å²) in [5.41, 5.74) is 0. The van der Waals surface area contributed by atoms with Gasteiger partial charge in [0.05, 0.1) is 0 Å². The van der Waals surface area contributed by atoms with Crippen molar-refractivity contribution in [3.63, 3.8) is 0 Å². The van der Waals surface area contributed by atoms with Gasteiger partial charge in [0.1, 0.15) is 0 Å². The molecule has 2 nitrogen and oxygen atoms in total. The Morgan fingerprint density at radius 3 is 2.75 bits per heavy atom. The molecule has 0 fully saturated rings. The predicted octanol–water partition coefficient (Wildman–Crippen LogP) is 1.01. The minimum absolute atomic E-state index is 0.741. The van der Waals surface area contributed by atoms with Gasteiger partial charge in [-0.2, -0.15) is 0 Å². The van der Waals surface area contributed by atoms with Crippen LogP contribution in [0, 0.1) is 0 Å². The minimum atomic E-state index is -0.741. The molecule has 0 aliphatic carbocycles. The molecule has 0 bridgehead atoms. The Kier molecular flexibility index (Phi) is 8.56. The summed E-state index contributed by atoms with van der Waals surface area (Å²) in [4.78, 5) is 0. The second-order valence-corrected chi connectivity index (χ2v) is 4.54. The molecular weight excluding hydrogens is 271 g/mol. The van der Waals surface area contributed by atoms with E-state index in [9.17, 15) is 0 Å². The van der Waals surface area contributed by atoms with Crippen molar-refractivity contribution in [2.45, 2.75) is 13.3 Å². The van der Waals surface area contributed by atoms with Gasteiger partial charge in [0.2, 0.25) is 0 Å². The van der Waals surface area contributed by atoms with Gasteiger partial charge in [0.15, 0.2) is 0 Å². The third-order valence-electron chi connectivity index (χ3n) is 0.612. The first-order valence-corrected chi connectivity index (χ1v) is 6.76. The molecule has 0 spiro atoms. The summed E-state index contributed by atoms with van der Waals surface area (Å²) < 4.78 is 11.0. The van der Waals surface area contributed by atoms with E-state index in [0.29, 0.717) is 0 Å². The van der Waals surface area contributed by atoms with Crippen molar-refractivity contribution in [2.75, 3.05) is 18.1 Å². The van der Waals surface area contributed by atoms with E-state index in [4.69, 9.17) is 7.59 Å². The molecule has 0 aliphatic heterocycles. The average Bonchev–Trinajstić information content (AvgIpc) is 1.81. The summed E-state index contributed by atoms with van der Waals surface area (Å²) in [6, 6.07) is 0. The van der Waals surface area contributed by atoms with Crippen LogP contribution in [0.25, 0.3) is 0 Å². The summed E-state index contributed by atoms with van der Waals surface area (Å²) in [6.45, 7) is 3.06. The van der Waals surface area contributed by atoms with E-state index >= 15 is 0 Å². The Balaban J connectivity index is 2.53. The molecule has 48 valence electrons. The van der Waals surface area contributed by atoms with Crippen molar-refractivity contribution in [2.24, 2.45) is 0 Å². The molecule has 3 heteroatoms. The fourth-order valence-corrected chi connectivity index (χ4v) is 2.25. The second-order valence-electron chi connectivity index (χ2n) is 1.43. The SMILES string of the molecule is CCC[O][Hf][CH2]OC. The Morgan fingerprint density at radius 1 is 1.50 bits per heavy atom. The first-order valence-electron chi connectivity index (χ1n) is 2.75. The van der Waals surface area contributed by atoms with Gasteiger partial charge in [0, 0.05) is 0 Å². The van der Waals surface area contributed by atoms with Crippen LogP contribution in [-0.2, 0) is 30.9 Å². The Labute approximate surface area is 62.5 Å². The van der Waals surface area contributed by atoms with E-state index in [2.05, 4.69) is 6.92 Å². The van der Waals surface area contributed by atoms with Gasteiger partial charge in [0.25, 0.3) is 0 Å². The molecule has 0 aliphatic rings. The summed E-state index contributed by atoms with van der Waals surface area (Å²) in [7, 11) is 1.72. The van der Waals surface area contributed by atoms with Crippen LogP contribution in [-0.4, -0.2) is 18.1 Å². The number of methoxy groups -OCH3 is 1.